The first-order valence-corrected chi connectivity index (χ1v) is 9.99. The quantitative estimate of drug-likeness (QED) is 0.794. The molecule has 3 fully saturated rings. The summed E-state index contributed by atoms with van der Waals surface area (Å²) >= 11 is 0. The van der Waals surface area contributed by atoms with Crippen LogP contribution in [-0.4, -0.2) is 56.1 Å². The van der Waals surface area contributed by atoms with E-state index in [-0.39, 0.29) is 5.91 Å². The molecule has 1 aliphatic heterocycles. The van der Waals surface area contributed by atoms with Gasteiger partial charge < -0.3 is 14.4 Å². The van der Waals surface area contributed by atoms with E-state index < -0.39 is 0 Å². The van der Waals surface area contributed by atoms with Gasteiger partial charge in [0.1, 0.15) is 5.82 Å². The number of carbonyl (C=O) groups is 1. The molecule has 1 aromatic heterocycles. The van der Waals surface area contributed by atoms with Gasteiger partial charge in [-0.2, -0.15) is 0 Å². The van der Waals surface area contributed by atoms with Crippen molar-refractivity contribution in [2.75, 3.05) is 19.6 Å². The van der Waals surface area contributed by atoms with Gasteiger partial charge in [-0.25, -0.2) is 0 Å². The molecule has 2 aliphatic carbocycles. The molecule has 6 heteroatoms. The highest BCUT2D eigenvalue weighted by molar-refractivity contribution is 5.73. The Morgan fingerprint density at radius 3 is 2.60 bits per heavy atom. The number of amides is 1. The third-order valence-electron chi connectivity index (χ3n) is 6.34. The van der Waals surface area contributed by atoms with Gasteiger partial charge in [0.2, 0.25) is 5.91 Å². The minimum absolute atomic E-state index is 0.156. The first kappa shape index (κ1) is 17.0. The van der Waals surface area contributed by atoms with Crippen molar-refractivity contribution in [2.45, 2.75) is 70.4 Å². The highest BCUT2D eigenvalue weighted by Crippen LogP contribution is 2.38. The Morgan fingerprint density at radius 1 is 1.16 bits per heavy atom. The fourth-order valence-electron chi connectivity index (χ4n) is 4.65. The van der Waals surface area contributed by atoms with Crippen molar-refractivity contribution in [3.8, 4) is 0 Å². The van der Waals surface area contributed by atoms with Crippen molar-refractivity contribution in [3.63, 3.8) is 0 Å². The molecule has 25 heavy (non-hydrogen) atoms. The Hall–Kier alpha value is -1.43. The van der Waals surface area contributed by atoms with E-state index in [1.54, 1.807) is 6.92 Å². The van der Waals surface area contributed by atoms with Gasteiger partial charge in [-0.15, -0.1) is 10.2 Å². The van der Waals surface area contributed by atoms with Crippen molar-refractivity contribution >= 4 is 5.91 Å². The summed E-state index contributed by atoms with van der Waals surface area (Å²) in [4.78, 5) is 16.9. The summed E-state index contributed by atoms with van der Waals surface area (Å²) in [7, 11) is 2.04. The van der Waals surface area contributed by atoms with E-state index in [0.29, 0.717) is 18.5 Å². The highest BCUT2D eigenvalue weighted by Gasteiger charge is 2.33. The van der Waals surface area contributed by atoms with Crippen LogP contribution in [0.5, 0.6) is 0 Å². The van der Waals surface area contributed by atoms with E-state index in [1.807, 2.05) is 11.9 Å². The molecule has 1 saturated heterocycles. The van der Waals surface area contributed by atoms with Crippen LogP contribution in [0.15, 0.2) is 0 Å². The number of hydrogen-bond donors (Lipinski definition) is 0. The second-order valence-corrected chi connectivity index (χ2v) is 8.31. The van der Waals surface area contributed by atoms with Crippen LogP contribution in [-0.2, 0) is 18.4 Å². The summed E-state index contributed by atoms with van der Waals surface area (Å²) in [6, 6.07) is 0.319. The monoisotopic (exact) mass is 345 g/mol. The van der Waals surface area contributed by atoms with Gasteiger partial charge in [-0.3, -0.25) is 4.79 Å². The SMILES string of the molecule is CC(=O)N(Cc1nnc(C2CC2)n1C)C1CCN(CC2CCCC2)C1. The summed E-state index contributed by atoms with van der Waals surface area (Å²) < 4.78 is 2.11. The Morgan fingerprint density at radius 2 is 1.92 bits per heavy atom. The maximum absolute atomic E-state index is 12.3. The maximum atomic E-state index is 12.3. The standard InChI is InChI=1S/C19H31N5O/c1-14(25)24(13-18-20-21-19(22(18)2)16-7-8-16)17-9-10-23(12-17)11-15-5-3-4-6-15/h15-17H,3-13H2,1-2H3. The summed E-state index contributed by atoms with van der Waals surface area (Å²) in [6.45, 7) is 5.64. The maximum Gasteiger partial charge on any atom is 0.220 e. The van der Waals surface area contributed by atoms with Crippen molar-refractivity contribution in [1.29, 1.82) is 0 Å². The molecule has 0 aromatic carbocycles. The third-order valence-corrected chi connectivity index (χ3v) is 6.34. The molecular weight excluding hydrogens is 314 g/mol. The summed E-state index contributed by atoms with van der Waals surface area (Å²) in [5.41, 5.74) is 0. The highest BCUT2D eigenvalue weighted by atomic mass is 16.2. The largest absolute Gasteiger partial charge is 0.331 e. The van der Waals surface area contributed by atoms with Gasteiger partial charge in [-0.05, 0) is 38.0 Å². The molecule has 0 N–H and O–H groups in total. The van der Waals surface area contributed by atoms with Crippen LogP contribution in [0.3, 0.4) is 0 Å². The minimum atomic E-state index is 0.156. The van der Waals surface area contributed by atoms with E-state index in [4.69, 9.17) is 0 Å². The van der Waals surface area contributed by atoms with E-state index in [2.05, 4.69) is 19.7 Å². The molecule has 4 rings (SSSR count). The Bertz CT molecular complexity index is 617. The summed E-state index contributed by atoms with van der Waals surface area (Å²) in [5, 5.41) is 8.74. The lowest BCUT2D eigenvalue weighted by molar-refractivity contribution is -0.131. The normalized spacial score (nSPS) is 25.0. The second kappa shape index (κ2) is 7.06. The fourth-order valence-corrected chi connectivity index (χ4v) is 4.65. The van der Waals surface area contributed by atoms with E-state index in [0.717, 1.165) is 37.1 Å². The molecule has 0 radical (unpaired) electrons. The molecule has 1 amide bonds. The van der Waals surface area contributed by atoms with E-state index in [9.17, 15) is 4.79 Å². The van der Waals surface area contributed by atoms with Gasteiger partial charge in [-0.1, -0.05) is 12.8 Å². The molecule has 0 bridgehead atoms. The Kier molecular flexibility index (Phi) is 4.80. The zero-order valence-electron chi connectivity index (χ0n) is 15.7. The first-order chi connectivity index (χ1) is 12.1. The van der Waals surface area contributed by atoms with Gasteiger partial charge in [0, 0.05) is 45.6 Å². The number of rotatable bonds is 6. The summed E-state index contributed by atoms with van der Waals surface area (Å²) in [6.07, 6.45) is 9.11. The lowest BCUT2D eigenvalue weighted by atomic mass is 10.1. The molecule has 2 saturated carbocycles. The van der Waals surface area contributed by atoms with E-state index >= 15 is 0 Å². The predicted molar refractivity (Wildman–Crippen MR) is 96.0 cm³/mol. The average Bonchev–Trinajstić information content (AvgIpc) is 2.97. The molecule has 6 nitrogen and oxygen atoms in total. The predicted octanol–water partition coefficient (Wildman–Crippen LogP) is 2.31. The molecule has 1 aromatic rings. The Balaban J connectivity index is 1.38. The lowest BCUT2D eigenvalue weighted by Gasteiger charge is -2.28. The van der Waals surface area contributed by atoms with E-state index in [1.165, 1.54) is 45.1 Å². The molecule has 1 unspecified atom stereocenters. The molecular formula is C19H31N5O. The number of likely N-dealkylation sites (tertiary alicyclic amines) is 1. The number of nitrogens with zero attached hydrogens (tertiary/aromatic N) is 5. The third kappa shape index (κ3) is 3.73. The molecule has 2 heterocycles. The van der Waals surface area contributed by atoms with Crippen LogP contribution in [0, 0.1) is 5.92 Å². The van der Waals surface area contributed by atoms with Gasteiger partial charge in [0.05, 0.1) is 6.54 Å². The topological polar surface area (TPSA) is 54.3 Å². The molecule has 3 aliphatic rings. The van der Waals surface area contributed by atoms with Gasteiger partial charge in [0.15, 0.2) is 5.82 Å². The van der Waals surface area contributed by atoms with Crippen LogP contribution in [0.1, 0.15) is 69.4 Å². The van der Waals surface area contributed by atoms with Crippen molar-refractivity contribution < 1.29 is 4.79 Å². The van der Waals surface area contributed by atoms with Crippen molar-refractivity contribution in [2.24, 2.45) is 13.0 Å². The zero-order chi connectivity index (χ0) is 17.4. The van der Waals surface area contributed by atoms with Crippen LogP contribution in [0.4, 0.5) is 0 Å². The minimum Gasteiger partial charge on any atom is -0.331 e. The van der Waals surface area contributed by atoms with Gasteiger partial charge >= 0.3 is 0 Å². The fraction of sp³-hybridized carbons (Fsp3) is 0.842. The smallest absolute Gasteiger partial charge is 0.220 e. The van der Waals surface area contributed by atoms with Crippen LogP contribution in [0.2, 0.25) is 0 Å². The van der Waals surface area contributed by atoms with Crippen LogP contribution >= 0.6 is 0 Å². The molecule has 1 atom stereocenters. The molecule has 138 valence electrons. The van der Waals surface area contributed by atoms with Gasteiger partial charge in [0.25, 0.3) is 0 Å². The van der Waals surface area contributed by atoms with Crippen LogP contribution < -0.4 is 0 Å². The molecule has 0 spiro atoms. The van der Waals surface area contributed by atoms with Crippen LogP contribution in [0.25, 0.3) is 0 Å². The average molecular weight is 345 g/mol. The lowest BCUT2D eigenvalue weighted by Crippen LogP contribution is -2.41. The van der Waals surface area contributed by atoms with Crippen molar-refractivity contribution in [3.05, 3.63) is 11.6 Å². The Labute approximate surface area is 150 Å². The zero-order valence-corrected chi connectivity index (χ0v) is 15.7. The second-order valence-electron chi connectivity index (χ2n) is 8.31. The summed E-state index contributed by atoms with van der Waals surface area (Å²) in [5.74, 6) is 3.64. The number of hydrogen-bond acceptors (Lipinski definition) is 4. The van der Waals surface area contributed by atoms with Crippen molar-refractivity contribution in [1.82, 2.24) is 24.6 Å². The number of carbonyl (C=O) groups excluding carboxylic acids is 1. The first-order valence-electron chi connectivity index (χ1n) is 9.99. The number of aromatic nitrogens is 3.